The zero-order chi connectivity index (χ0) is 17.7. The summed E-state index contributed by atoms with van der Waals surface area (Å²) in [6, 6.07) is 19.7. The molecule has 0 amide bonds. The van der Waals surface area contributed by atoms with Gasteiger partial charge in [0.25, 0.3) is 0 Å². The Morgan fingerprint density at radius 2 is 1.60 bits per heavy atom. The van der Waals surface area contributed by atoms with E-state index in [1.54, 1.807) is 0 Å². The average Bonchev–Trinajstić information content (AvgIpc) is 2.67. The van der Waals surface area contributed by atoms with Crippen LogP contribution in [0.5, 0.6) is 0 Å². The predicted molar refractivity (Wildman–Crippen MR) is 103 cm³/mol. The fourth-order valence-corrected chi connectivity index (χ4v) is 3.40. The van der Waals surface area contributed by atoms with E-state index in [1.807, 2.05) is 60.7 Å². The second-order valence-corrected chi connectivity index (χ2v) is 7.22. The maximum absolute atomic E-state index is 13.0. The highest BCUT2D eigenvalue weighted by atomic mass is 16.1. The molecule has 1 aliphatic rings. The molecule has 1 nitrogen and oxygen atoms in total. The predicted octanol–water partition coefficient (Wildman–Crippen LogP) is 5.67. The first-order valence-corrected chi connectivity index (χ1v) is 8.95. The lowest BCUT2D eigenvalue weighted by molar-refractivity contribution is 0.0767. The lowest BCUT2D eigenvalue weighted by Crippen LogP contribution is -2.33. The Bertz CT molecular complexity index is 817. The molecule has 1 aliphatic carbocycles. The summed E-state index contributed by atoms with van der Waals surface area (Å²) in [5.41, 5.74) is 2.57. The second kappa shape index (κ2) is 7.53. The molecule has 0 aromatic heterocycles. The standard InChI is InChI=1S/C24H24O/c1-24(2,23(25)21-13-7-4-8-14-21)22-15-9-12-20(18-22)17-16-19-10-5-3-6-11-19/h3-8,10-11,13-14,18,22H,9,12,15H2,1-2H3. The summed E-state index contributed by atoms with van der Waals surface area (Å²) in [4.78, 5) is 13.0. The van der Waals surface area contributed by atoms with Crippen molar-refractivity contribution in [2.75, 3.05) is 0 Å². The molecule has 1 atom stereocenters. The lowest BCUT2D eigenvalue weighted by atomic mass is 9.69. The van der Waals surface area contributed by atoms with Gasteiger partial charge >= 0.3 is 0 Å². The second-order valence-electron chi connectivity index (χ2n) is 7.22. The molecule has 0 radical (unpaired) electrons. The van der Waals surface area contributed by atoms with Crippen molar-refractivity contribution in [3.05, 3.63) is 83.4 Å². The van der Waals surface area contributed by atoms with Crippen LogP contribution in [0.3, 0.4) is 0 Å². The van der Waals surface area contributed by atoms with E-state index in [1.165, 1.54) is 0 Å². The molecule has 25 heavy (non-hydrogen) atoms. The van der Waals surface area contributed by atoms with E-state index in [0.29, 0.717) is 0 Å². The average molecular weight is 328 g/mol. The summed E-state index contributed by atoms with van der Waals surface area (Å²) in [6.07, 6.45) is 5.37. The zero-order valence-electron chi connectivity index (χ0n) is 15.0. The summed E-state index contributed by atoms with van der Waals surface area (Å²) in [5.74, 6) is 7.01. The molecule has 2 aromatic carbocycles. The van der Waals surface area contributed by atoms with Gasteiger partial charge in [-0.15, -0.1) is 0 Å². The Kier molecular flexibility index (Phi) is 5.19. The van der Waals surface area contributed by atoms with E-state index in [9.17, 15) is 4.79 Å². The van der Waals surface area contributed by atoms with E-state index in [-0.39, 0.29) is 11.7 Å². The molecule has 3 rings (SSSR count). The smallest absolute Gasteiger partial charge is 0.169 e. The molecule has 1 unspecified atom stereocenters. The van der Waals surface area contributed by atoms with Gasteiger partial charge in [-0.25, -0.2) is 0 Å². The third-order valence-electron chi connectivity index (χ3n) is 5.05. The number of carbonyl (C=O) groups is 1. The molecule has 0 N–H and O–H groups in total. The molecule has 0 spiro atoms. The first kappa shape index (κ1) is 17.2. The first-order chi connectivity index (χ1) is 12.1. The van der Waals surface area contributed by atoms with Crippen molar-refractivity contribution in [3.63, 3.8) is 0 Å². The van der Waals surface area contributed by atoms with Gasteiger partial charge in [-0.2, -0.15) is 0 Å². The summed E-state index contributed by atoms with van der Waals surface area (Å²) in [7, 11) is 0. The highest BCUT2D eigenvalue weighted by Gasteiger charge is 2.36. The molecule has 0 aliphatic heterocycles. The maximum Gasteiger partial charge on any atom is 0.169 e. The molecular formula is C24H24O. The Balaban J connectivity index is 1.82. The van der Waals surface area contributed by atoms with Gasteiger partial charge in [0.1, 0.15) is 0 Å². The van der Waals surface area contributed by atoms with Crippen molar-refractivity contribution in [3.8, 4) is 11.8 Å². The van der Waals surface area contributed by atoms with Crippen LogP contribution in [0.15, 0.2) is 72.3 Å². The SMILES string of the molecule is CC(C)(C(=O)c1ccccc1)C1C=C(C#Cc2ccccc2)CCC1. The zero-order valence-corrected chi connectivity index (χ0v) is 15.0. The van der Waals surface area contributed by atoms with E-state index >= 15 is 0 Å². The number of Topliss-reactive ketones (excluding diaryl/α,β-unsaturated/α-hetero) is 1. The summed E-state index contributed by atoms with van der Waals surface area (Å²) < 4.78 is 0. The number of benzene rings is 2. The summed E-state index contributed by atoms with van der Waals surface area (Å²) in [6.45, 7) is 4.13. The van der Waals surface area contributed by atoms with Crippen LogP contribution >= 0.6 is 0 Å². The van der Waals surface area contributed by atoms with Gasteiger partial charge in [-0.05, 0) is 42.9 Å². The van der Waals surface area contributed by atoms with E-state index in [0.717, 1.165) is 36.0 Å². The molecule has 0 saturated heterocycles. The van der Waals surface area contributed by atoms with E-state index in [4.69, 9.17) is 0 Å². The largest absolute Gasteiger partial charge is 0.294 e. The number of hydrogen-bond donors (Lipinski definition) is 0. The molecule has 0 bridgehead atoms. The maximum atomic E-state index is 13.0. The molecule has 126 valence electrons. The minimum absolute atomic E-state index is 0.214. The third-order valence-corrected chi connectivity index (χ3v) is 5.05. The number of rotatable bonds is 3. The van der Waals surface area contributed by atoms with Gasteiger partial charge in [-0.3, -0.25) is 4.79 Å². The van der Waals surface area contributed by atoms with Crippen LogP contribution < -0.4 is 0 Å². The number of ketones is 1. The van der Waals surface area contributed by atoms with Crippen LogP contribution in [0.25, 0.3) is 0 Å². The van der Waals surface area contributed by atoms with Gasteiger partial charge in [0.15, 0.2) is 5.78 Å². The van der Waals surface area contributed by atoms with Gasteiger partial charge in [-0.1, -0.05) is 80.3 Å². The highest BCUT2D eigenvalue weighted by Crippen LogP contribution is 2.39. The molecular weight excluding hydrogens is 304 g/mol. The van der Waals surface area contributed by atoms with Crippen LogP contribution in [0, 0.1) is 23.2 Å². The van der Waals surface area contributed by atoms with Gasteiger partial charge < -0.3 is 0 Å². The van der Waals surface area contributed by atoms with Crippen LogP contribution in [0.1, 0.15) is 49.0 Å². The quantitative estimate of drug-likeness (QED) is 0.524. The van der Waals surface area contributed by atoms with Crippen molar-refractivity contribution in [1.82, 2.24) is 0 Å². The van der Waals surface area contributed by atoms with Crippen molar-refractivity contribution >= 4 is 5.78 Å². The normalized spacial score (nSPS) is 17.2. The van der Waals surface area contributed by atoms with Gasteiger partial charge in [0.05, 0.1) is 0 Å². The monoisotopic (exact) mass is 328 g/mol. The Labute approximate surface area is 150 Å². The van der Waals surface area contributed by atoms with E-state index in [2.05, 4.69) is 31.8 Å². The third kappa shape index (κ3) is 4.09. The summed E-state index contributed by atoms with van der Waals surface area (Å²) >= 11 is 0. The van der Waals surface area contributed by atoms with Crippen molar-refractivity contribution in [2.24, 2.45) is 11.3 Å². The fourth-order valence-electron chi connectivity index (χ4n) is 3.40. The molecule has 2 aromatic rings. The fraction of sp³-hybridized carbons (Fsp3) is 0.292. The van der Waals surface area contributed by atoms with Crippen LogP contribution in [-0.2, 0) is 0 Å². The van der Waals surface area contributed by atoms with Crippen LogP contribution in [0.2, 0.25) is 0 Å². The minimum Gasteiger partial charge on any atom is -0.294 e. The Morgan fingerprint density at radius 1 is 0.960 bits per heavy atom. The van der Waals surface area contributed by atoms with Crippen molar-refractivity contribution in [2.45, 2.75) is 33.1 Å². The van der Waals surface area contributed by atoms with E-state index < -0.39 is 5.41 Å². The number of carbonyl (C=O) groups excluding carboxylic acids is 1. The molecule has 0 saturated carbocycles. The summed E-state index contributed by atoms with van der Waals surface area (Å²) in [5, 5.41) is 0. The Morgan fingerprint density at radius 3 is 2.28 bits per heavy atom. The van der Waals surface area contributed by atoms with Gasteiger partial charge in [0.2, 0.25) is 0 Å². The first-order valence-electron chi connectivity index (χ1n) is 8.95. The minimum atomic E-state index is -0.415. The molecule has 1 heteroatoms. The Hall–Kier alpha value is -2.59. The number of allylic oxidation sites excluding steroid dienone is 2. The van der Waals surface area contributed by atoms with Crippen molar-refractivity contribution in [1.29, 1.82) is 0 Å². The topological polar surface area (TPSA) is 17.1 Å². The molecule has 0 heterocycles. The highest BCUT2D eigenvalue weighted by molar-refractivity contribution is 6.00. The lowest BCUT2D eigenvalue weighted by Gasteiger charge is -2.33. The van der Waals surface area contributed by atoms with Crippen LogP contribution in [-0.4, -0.2) is 5.78 Å². The molecule has 0 fully saturated rings. The number of hydrogen-bond acceptors (Lipinski definition) is 1. The van der Waals surface area contributed by atoms with Gasteiger partial charge in [0, 0.05) is 16.5 Å². The van der Waals surface area contributed by atoms with Crippen molar-refractivity contribution < 1.29 is 4.79 Å². The van der Waals surface area contributed by atoms with Crippen LogP contribution in [0.4, 0.5) is 0 Å².